The second kappa shape index (κ2) is 11.7. The number of benzene rings is 2. The van der Waals surface area contributed by atoms with Crippen LogP contribution in [0.3, 0.4) is 0 Å². The van der Waals surface area contributed by atoms with Gasteiger partial charge in [0, 0.05) is 27.1 Å². The monoisotopic (exact) mass is 472 g/mol. The highest BCUT2D eigenvalue weighted by atomic mass is 35.5. The highest BCUT2D eigenvalue weighted by molar-refractivity contribution is 6.32. The first-order valence-corrected chi connectivity index (χ1v) is 11.5. The van der Waals surface area contributed by atoms with Crippen molar-refractivity contribution in [3.63, 3.8) is 0 Å². The Morgan fingerprint density at radius 2 is 1.31 bits per heavy atom. The van der Waals surface area contributed by atoms with E-state index in [0.29, 0.717) is 26.6 Å². The zero-order chi connectivity index (χ0) is 24.7. The molecular weight excluding hydrogens is 439 g/mol. The van der Waals surface area contributed by atoms with E-state index in [0.717, 1.165) is 24.0 Å². The second-order valence-electron chi connectivity index (χ2n) is 10.2. The molecule has 2 aromatic carbocycles. The molecule has 0 aliphatic carbocycles. The van der Waals surface area contributed by atoms with Gasteiger partial charge in [-0.1, -0.05) is 74.0 Å². The van der Waals surface area contributed by atoms with Crippen molar-refractivity contribution in [2.24, 2.45) is 10.8 Å². The minimum Gasteiger partial charge on any atom is -0.295 e. The van der Waals surface area contributed by atoms with Crippen molar-refractivity contribution >= 4 is 34.8 Å². The van der Waals surface area contributed by atoms with Crippen molar-refractivity contribution in [3.8, 4) is 11.8 Å². The number of aryl methyl sites for hydroxylation is 1. The number of hydrogen-bond acceptors (Lipinski definition) is 2. The van der Waals surface area contributed by atoms with E-state index in [1.165, 1.54) is 6.92 Å². The van der Waals surface area contributed by atoms with Crippen LogP contribution in [0.25, 0.3) is 0 Å². The van der Waals surface area contributed by atoms with Crippen molar-refractivity contribution in [2.75, 3.05) is 0 Å². The summed E-state index contributed by atoms with van der Waals surface area (Å²) in [6.07, 6.45) is 2.05. The van der Waals surface area contributed by atoms with Gasteiger partial charge >= 0.3 is 0 Å². The third-order valence-corrected chi connectivity index (χ3v) is 5.22. The van der Waals surface area contributed by atoms with Crippen LogP contribution in [0.1, 0.15) is 93.7 Å². The van der Waals surface area contributed by atoms with Crippen LogP contribution in [0.5, 0.6) is 0 Å². The molecule has 172 valence electrons. The van der Waals surface area contributed by atoms with Crippen LogP contribution in [0.4, 0.5) is 0 Å². The summed E-state index contributed by atoms with van der Waals surface area (Å²) in [5.41, 5.74) is 3.45. The Morgan fingerprint density at radius 1 is 0.812 bits per heavy atom. The zero-order valence-corrected chi connectivity index (χ0v) is 22.0. The first kappa shape index (κ1) is 28.0. The molecular formula is C28H34Cl2O2. The molecule has 0 N–H and O–H groups in total. The summed E-state index contributed by atoms with van der Waals surface area (Å²) in [7, 11) is 0. The van der Waals surface area contributed by atoms with Gasteiger partial charge in [-0.25, -0.2) is 0 Å². The van der Waals surface area contributed by atoms with Crippen molar-refractivity contribution < 1.29 is 9.59 Å². The van der Waals surface area contributed by atoms with Crippen molar-refractivity contribution in [1.82, 2.24) is 0 Å². The second-order valence-corrected chi connectivity index (χ2v) is 11.0. The van der Waals surface area contributed by atoms with Crippen molar-refractivity contribution in [1.29, 1.82) is 0 Å². The Morgan fingerprint density at radius 3 is 1.72 bits per heavy atom. The molecule has 0 unspecified atom stereocenters. The summed E-state index contributed by atoms with van der Waals surface area (Å²) in [6.45, 7) is 15.8. The highest BCUT2D eigenvalue weighted by Gasteiger charge is 2.12. The molecule has 0 aliphatic rings. The molecule has 0 bridgehead atoms. The third-order valence-electron chi connectivity index (χ3n) is 4.55. The number of rotatable bonds is 4. The number of halogens is 2. The molecule has 2 rings (SSSR count). The van der Waals surface area contributed by atoms with E-state index in [2.05, 4.69) is 32.6 Å². The molecule has 0 saturated heterocycles. The van der Waals surface area contributed by atoms with Gasteiger partial charge in [-0.2, -0.15) is 0 Å². The Balaban J connectivity index is 0.000000320. The van der Waals surface area contributed by atoms with E-state index in [9.17, 15) is 9.59 Å². The van der Waals surface area contributed by atoms with E-state index in [1.54, 1.807) is 31.2 Å². The molecule has 0 fully saturated rings. The third kappa shape index (κ3) is 10.5. The van der Waals surface area contributed by atoms with Crippen molar-refractivity contribution in [2.45, 2.75) is 68.2 Å². The smallest absolute Gasteiger partial charge is 0.159 e. The lowest BCUT2D eigenvalue weighted by Gasteiger charge is -2.18. The fraction of sp³-hybridized carbons (Fsp3) is 0.429. The molecule has 2 aromatic rings. The maximum atomic E-state index is 11.2. The number of Topliss-reactive ketones (excluding diaryl/α,β-unsaturated/α-hetero) is 2. The fourth-order valence-electron chi connectivity index (χ4n) is 2.57. The normalized spacial score (nSPS) is 11.1. The van der Waals surface area contributed by atoms with Crippen LogP contribution < -0.4 is 0 Å². The summed E-state index contributed by atoms with van der Waals surface area (Å²) < 4.78 is 0. The van der Waals surface area contributed by atoms with Gasteiger partial charge in [-0.15, -0.1) is 0 Å². The van der Waals surface area contributed by atoms with Crippen LogP contribution in [-0.2, 0) is 6.42 Å². The van der Waals surface area contributed by atoms with E-state index >= 15 is 0 Å². The predicted molar refractivity (Wildman–Crippen MR) is 137 cm³/mol. The maximum Gasteiger partial charge on any atom is 0.159 e. The SMILES string of the molecule is CC(=O)c1ccc(C#CC(C)(C)C)c(Cl)c1.CC(=O)c1ccc(CCC(C)(C)C)c(Cl)c1. The van der Waals surface area contributed by atoms with Gasteiger partial charge < -0.3 is 0 Å². The lowest BCUT2D eigenvalue weighted by molar-refractivity contribution is 0.100. The standard InChI is InChI=1S/C14H19ClO.C14H15ClO/c2*1-10(16)12-6-5-11(13(15)9-12)7-8-14(2,3)4/h5-6,9H,7-8H2,1-4H3;5-6,9H,1-4H3. The fourth-order valence-corrected chi connectivity index (χ4v) is 3.07. The summed E-state index contributed by atoms with van der Waals surface area (Å²) in [6, 6.07) is 10.8. The largest absolute Gasteiger partial charge is 0.295 e. The number of ketones is 2. The van der Waals surface area contributed by atoms with Gasteiger partial charge in [-0.3, -0.25) is 9.59 Å². The molecule has 0 spiro atoms. The molecule has 0 radical (unpaired) electrons. The average molecular weight is 473 g/mol. The van der Waals surface area contributed by atoms with Crippen LogP contribution in [0, 0.1) is 22.7 Å². The van der Waals surface area contributed by atoms with Crippen LogP contribution in [0.15, 0.2) is 36.4 Å². The molecule has 0 saturated carbocycles. The minimum absolute atomic E-state index is 0.0113. The number of carbonyl (C=O) groups is 2. The molecule has 0 aliphatic heterocycles. The van der Waals surface area contributed by atoms with Crippen LogP contribution in [0.2, 0.25) is 10.0 Å². The van der Waals surface area contributed by atoms with Gasteiger partial charge in [0.1, 0.15) is 0 Å². The van der Waals surface area contributed by atoms with E-state index in [1.807, 2.05) is 32.9 Å². The van der Waals surface area contributed by atoms with Crippen LogP contribution >= 0.6 is 23.2 Å². The Kier molecular flexibility index (Phi) is 10.2. The van der Waals surface area contributed by atoms with E-state index in [4.69, 9.17) is 23.2 Å². The van der Waals surface area contributed by atoms with Crippen molar-refractivity contribution in [3.05, 3.63) is 68.7 Å². The molecule has 4 heteroatoms. The minimum atomic E-state index is -0.0530. The first-order chi connectivity index (χ1) is 14.6. The van der Waals surface area contributed by atoms with E-state index < -0.39 is 0 Å². The molecule has 32 heavy (non-hydrogen) atoms. The first-order valence-electron chi connectivity index (χ1n) is 10.7. The highest BCUT2D eigenvalue weighted by Crippen LogP contribution is 2.26. The summed E-state index contributed by atoms with van der Waals surface area (Å²) >= 11 is 12.2. The summed E-state index contributed by atoms with van der Waals surface area (Å²) in [5, 5.41) is 1.24. The lowest BCUT2D eigenvalue weighted by atomic mass is 9.88. The molecule has 0 heterocycles. The Hall–Kier alpha value is -2.08. The van der Waals surface area contributed by atoms with Gasteiger partial charge in [0.2, 0.25) is 0 Å². The lowest BCUT2D eigenvalue weighted by Crippen LogP contribution is -2.06. The molecule has 0 aromatic heterocycles. The maximum absolute atomic E-state index is 11.2. The van der Waals surface area contributed by atoms with Gasteiger partial charge in [0.15, 0.2) is 11.6 Å². The molecule has 0 amide bonds. The average Bonchev–Trinajstić information content (AvgIpc) is 2.65. The molecule has 2 nitrogen and oxygen atoms in total. The van der Waals surface area contributed by atoms with Crippen LogP contribution in [-0.4, -0.2) is 11.6 Å². The van der Waals surface area contributed by atoms with Gasteiger partial charge in [-0.05, 0) is 76.6 Å². The van der Waals surface area contributed by atoms with Gasteiger partial charge in [0.05, 0.1) is 5.02 Å². The summed E-state index contributed by atoms with van der Waals surface area (Å²) in [4.78, 5) is 22.3. The number of carbonyl (C=O) groups excluding carboxylic acids is 2. The van der Waals surface area contributed by atoms with E-state index in [-0.39, 0.29) is 17.0 Å². The quantitative estimate of drug-likeness (QED) is 0.330. The number of hydrogen-bond donors (Lipinski definition) is 0. The summed E-state index contributed by atoms with van der Waals surface area (Å²) in [5.74, 6) is 6.20. The Labute approximate surface area is 203 Å². The predicted octanol–water partition coefficient (Wildman–Crippen LogP) is 8.46. The Bertz CT molecular complexity index is 1030. The van der Waals surface area contributed by atoms with Gasteiger partial charge in [0.25, 0.3) is 0 Å². The zero-order valence-electron chi connectivity index (χ0n) is 20.5. The topological polar surface area (TPSA) is 34.1 Å². The molecule has 0 atom stereocenters.